The molecule has 1 aliphatic heterocycles. The van der Waals surface area contributed by atoms with Gasteiger partial charge in [-0.15, -0.1) is 0 Å². The predicted octanol–water partition coefficient (Wildman–Crippen LogP) is 3.06. The Labute approximate surface area is 121 Å². The summed E-state index contributed by atoms with van der Waals surface area (Å²) >= 11 is 0. The fourth-order valence-electron chi connectivity index (χ4n) is 4.07. The molecular weight excluding hydrogens is 254 g/mol. The van der Waals surface area contributed by atoms with Crippen molar-refractivity contribution in [1.29, 1.82) is 0 Å². The molecule has 1 aliphatic carbocycles. The van der Waals surface area contributed by atoms with E-state index in [-0.39, 0.29) is 11.3 Å². The largest absolute Gasteiger partial charge is 0.480 e. The van der Waals surface area contributed by atoms with Gasteiger partial charge in [0, 0.05) is 12.0 Å². The van der Waals surface area contributed by atoms with Crippen molar-refractivity contribution >= 4 is 11.9 Å². The molecule has 1 atom stereocenters. The maximum absolute atomic E-state index is 13.0. The number of carbonyl (C=O) groups is 2. The standard InChI is InChI=1S/C16H27NO3/c1-12(2)11-16(8-4-5-9-16)15(20)17-10-6-3-7-13(17)14(18)19/h12-13H,3-11H2,1-2H3,(H,18,19)/t13-/m0/s1. The first-order valence-corrected chi connectivity index (χ1v) is 8.00. The minimum Gasteiger partial charge on any atom is -0.480 e. The zero-order valence-electron chi connectivity index (χ0n) is 12.7. The molecule has 0 aromatic heterocycles. The molecule has 20 heavy (non-hydrogen) atoms. The Morgan fingerprint density at radius 2 is 1.85 bits per heavy atom. The number of rotatable bonds is 4. The number of aliphatic carboxylic acids is 1. The predicted molar refractivity (Wildman–Crippen MR) is 77.3 cm³/mol. The molecule has 0 radical (unpaired) electrons. The van der Waals surface area contributed by atoms with E-state index in [1.807, 2.05) is 0 Å². The van der Waals surface area contributed by atoms with E-state index in [1.54, 1.807) is 4.90 Å². The summed E-state index contributed by atoms with van der Waals surface area (Å²) < 4.78 is 0. The summed E-state index contributed by atoms with van der Waals surface area (Å²) in [5, 5.41) is 9.37. The zero-order chi connectivity index (χ0) is 14.8. The molecule has 0 unspecified atom stereocenters. The summed E-state index contributed by atoms with van der Waals surface area (Å²) in [5.74, 6) is -0.239. The summed E-state index contributed by atoms with van der Waals surface area (Å²) in [7, 11) is 0. The van der Waals surface area contributed by atoms with Crippen LogP contribution in [0.25, 0.3) is 0 Å². The number of carboxylic acids is 1. The van der Waals surface area contributed by atoms with Crippen LogP contribution in [-0.4, -0.2) is 34.5 Å². The highest BCUT2D eigenvalue weighted by Crippen LogP contribution is 2.45. The molecule has 1 saturated heterocycles. The Balaban J connectivity index is 2.19. The Morgan fingerprint density at radius 1 is 1.20 bits per heavy atom. The van der Waals surface area contributed by atoms with Crippen molar-refractivity contribution in [2.45, 2.75) is 71.3 Å². The van der Waals surface area contributed by atoms with E-state index in [0.29, 0.717) is 18.9 Å². The van der Waals surface area contributed by atoms with Gasteiger partial charge in [-0.25, -0.2) is 4.79 Å². The third-order valence-corrected chi connectivity index (χ3v) is 4.86. The van der Waals surface area contributed by atoms with Crippen molar-refractivity contribution in [3.05, 3.63) is 0 Å². The van der Waals surface area contributed by atoms with Gasteiger partial charge in [0.1, 0.15) is 6.04 Å². The molecule has 1 heterocycles. The van der Waals surface area contributed by atoms with Gasteiger partial charge in [0.05, 0.1) is 0 Å². The van der Waals surface area contributed by atoms with Crippen LogP contribution in [0.3, 0.4) is 0 Å². The second-order valence-corrected chi connectivity index (χ2v) is 6.93. The Bertz CT molecular complexity index is 372. The van der Waals surface area contributed by atoms with Crippen LogP contribution in [0.2, 0.25) is 0 Å². The van der Waals surface area contributed by atoms with Crippen molar-refractivity contribution in [2.24, 2.45) is 11.3 Å². The van der Waals surface area contributed by atoms with Crippen molar-refractivity contribution in [3.63, 3.8) is 0 Å². The Kier molecular flexibility index (Phi) is 4.71. The van der Waals surface area contributed by atoms with Crippen LogP contribution in [0.5, 0.6) is 0 Å². The minimum absolute atomic E-state index is 0.121. The normalized spacial score (nSPS) is 25.9. The zero-order valence-corrected chi connectivity index (χ0v) is 12.7. The molecule has 2 rings (SSSR count). The van der Waals surface area contributed by atoms with Crippen LogP contribution in [0.15, 0.2) is 0 Å². The van der Waals surface area contributed by atoms with Gasteiger partial charge in [-0.1, -0.05) is 26.7 Å². The SMILES string of the molecule is CC(C)CC1(C(=O)N2CCCC[C@H]2C(=O)O)CCCC1. The van der Waals surface area contributed by atoms with Gasteiger partial charge in [-0.05, 0) is 44.4 Å². The van der Waals surface area contributed by atoms with E-state index < -0.39 is 12.0 Å². The molecular formula is C16H27NO3. The first-order valence-electron chi connectivity index (χ1n) is 8.00. The van der Waals surface area contributed by atoms with Crippen LogP contribution in [-0.2, 0) is 9.59 Å². The molecule has 0 aromatic carbocycles. The summed E-state index contributed by atoms with van der Waals surface area (Å²) in [6.07, 6.45) is 7.44. The van der Waals surface area contributed by atoms with Gasteiger partial charge in [-0.3, -0.25) is 4.79 Å². The molecule has 4 nitrogen and oxygen atoms in total. The molecule has 0 spiro atoms. The first-order chi connectivity index (χ1) is 9.46. The number of hydrogen-bond acceptors (Lipinski definition) is 2. The second kappa shape index (κ2) is 6.15. The van der Waals surface area contributed by atoms with Gasteiger partial charge in [0.15, 0.2) is 0 Å². The number of carboxylic acid groups (broad SMARTS) is 1. The van der Waals surface area contributed by atoms with Crippen molar-refractivity contribution < 1.29 is 14.7 Å². The highest BCUT2D eigenvalue weighted by molar-refractivity contribution is 5.88. The van der Waals surface area contributed by atoms with E-state index in [1.165, 1.54) is 0 Å². The average molecular weight is 281 g/mol. The van der Waals surface area contributed by atoms with Crippen LogP contribution in [0, 0.1) is 11.3 Å². The van der Waals surface area contributed by atoms with Crippen molar-refractivity contribution in [2.75, 3.05) is 6.54 Å². The second-order valence-electron chi connectivity index (χ2n) is 6.93. The Morgan fingerprint density at radius 3 is 2.40 bits per heavy atom. The van der Waals surface area contributed by atoms with E-state index in [4.69, 9.17) is 0 Å². The van der Waals surface area contributed by atoms with E-state index in [2.05, 4.69) is 13.8 Å². The maximum Gasteiger partial charge on any atom is 0.326 e. The van der Waals surface area contributed by atoms with E-state index >= 15 is 0 Å². The lowest BCUT2D eigenvalue weighted by molar-refractivity contribution is -0.158. The summed E-state index contributed by atoms with van der Waals surface area (Å²) in [6, 6.07) is -0.596. The maximum atomic E-state index is 13.0. The van der Waals surface area contributed by atoms with Crippen molar-refractivity contribution in [1.82, 2.24) is 4.90 Å². The number of carbonyl (C=O) groups excluding carboxylic acids is 1. The van der Waals surface area contributed by atoms with Gasteiger partial charge < -0.3 is 10.0 Å². The number of piperidine rings is 1. The topological polar surface area (TPSA) is 57.6 Å². The third kappa shape index (κ3) is 2.99. The number of likely N-dealkylation sites (tertiary alicyclic amines) is 1. The summed E-state index contributed by atoms with van der Waals surface area (Å²) in [6.45, 7) is 4.92. The van der Waals surface area contributed by atoms with E-state index in [9.17, 15) is 14.7 Å². The monoisotopic (exact) mass is 281 g/mol. The van der Waals surface area contributed by atoms with Crippen LogP contribution in [0.4, 0.5) is 0 Å². The highest BCUT2D eigenvalue weighted by atomic mass is 16.4. The van der Waals surface area contributed by atoms with E-state index in [0.717, 1.165) is 44.9 Å². The lowest BCUT2D eigenvalue weighted by Gasteiger charge is -2.40. The fraction of sp³-hybridized carbons (Fsp3) is 0.875. The molecule has 0 aromatic rings. The van der Waals surface area contributed by atoms with Crippen LogP contribution in [0.1, 0.15) is 65.2 Å². The summed E-state index contributed by atoms with van der Waals surface area (Å²) in [5.41, 5.74) is -0.279. The quantitative estimate of drug-likeness (QED) is 0.861. The molecule has 1 amide bonds. The van der Waals surface area contributed by atoms with Gasteiger partial charge in [0.25, 0.3) is 0 Å². The summed E-state index contributed by atoms with van der Waals surface area (Å²) in [4.78, 5) is 26.1. The highest BCUT2D eigenvalue weighted by Gasteiger charge is 2.46. The Hall–Kier alpha value is -1.06. The fourth-order valence-corrected chi connectivity index (χ4v) is 4.07. The van der Waals surface area contributed by atoms with Gasteiger partial charge in [-0.2, -0.15) is 0 Å². The molecule has 2 fully saturated rings. The number of amides is 1. The molecule has 1 saturated carbocycles. The molecule has 1 N–H and O–H groups in total. The molecule has 4 heteroatoms. The van der Waals surface area contributed by atoms with Gasteiger partial charge in [0.2, 0.25) is 5.91 Å². The minimum atomic E-state index is -0.837. The molecule has 2 aliphatic rings. The average Bonchev–Trinajstić information content (AvgIpc) is 2.86. The lowest BCUT2D eigenvalue weighted by Crippen LogP contribution is -2.53. The number of nitrogens with zero attached hydrogens (tertiary/aromatic N) is 1. The van der Waals surface area contributed by atoms with Crippen molar-refractivity contribution in [3.8, 4) is 0 Å². The van der Waals surface area contributed by atoms with Gasteiger partial charge >= 0.3 is 5.97 Å². The lowest BCUT2D eigenvalue weighted by atomic mass is 9.76. The third-order valence-electron chi connectivity index (χ3n) is 4.86. The van der Waals surface area contributed by atoms with Crippen LogP contribution >= 0.6 is 0 Å². The smallest absolute Gasteiger partial charge is 0.326 e. The first kappa shape index (κ1) is 15.3. The molecule has 114 valence electrons. The molecule has 0 bridgehead atoms. The number of hydrogen-bond donors (Lipinski definition) is 1. The van der Waals surface area contributed by atoms with Crippen LogP contribution < -0.4 is 0 Å².